The molecule has 0 spiro atoms. The molecule has 0 saturated carbocycles. The summed E-state index contributed by atoms with van der Waals surface area (Å²) in [6.45, 7) is 1.15. The molecule has 0 amide bonds. The van der Waals surface area contributed by atoms with E-state index in [1.807, 2.05) is 60.8 Å². The van der Waals surface area contributed by atoms with E-state index < -0.39 is 0 Å². The molecule has 0 unspecified atom stereocenters. The Hall–Kier alpha value is -3.05. The van der Waals surface area contributed by atoms with Gasteiger partial charge in [-0.05, 0) is 42.0 Å². The van der Waals surface area contributed by atoms with Crippen molar-refractivity contribution in [1.82, 2.24) is 15.0 Å². The molecule has 0 bridgehead atoms. The van der Waals surface area contributed by atoms with Gasteiger partial charge in [0.05, 0.1) is 6.54 Å². The molecule has 26 heavy (non-hydrogen) atoms. The highest BCUT2D eigenvalue weighted by Gasteiger charge is 2.09. The van der Waals surface area contributed by atoms with E-state index in [4.69, 9.17) is 16.3 Å². The molecule has 5 nitrogen and oxygen atoms in total. The number of aromatic amines is 1. The largest absolute Gasteiger partial charge is 0.492 e. The van der Waals surface area contributed by atoms with Crippen molar-refractivity contribution in [1.29, 1.82) is 0 Å². The Balaban J connectivity index is 1.48. The number of rotatable bonds is 6. The molecule has 0 aliphatic carbocycles. The zero-order chi connectivity index (χ0) is 17.8. The van der Waals surface area contributed by atoms with E-state index in [2.05, 4.69) is 20.3 Å². The third-order valence-electron chi connectivity index (χ3n) is 3.98. The molecule has 0 atom stereocenters. The second-order valence-corrected chi connectivity index (χ2v) is 6.14. The van der Waals surface area contributed by atoms with Gasteiger partial charge in [0.2, 0.25) is 0 Å². The van der Waals surface area contributed by atoms with Gasteiger partial charge in [0.25, 0.3) is 0 Å². The third-order valence-corrected chi connectivity index (χ3v) is 4.17. The van der Waals surface area contributed by atoms with Crippen molar-refractivity contribution in [2.24, 2.45) is 0 Å². The number of nitrogens with one attached hydrogen (secondary N) is 2. The second-order valence-electron chi connectivity index (χ2n) is 5.75. The van der Waals surface area contributed by atoms with Crippen LogP contribution in [0.1, 0.15) is 0 Å². The Morgan fingerprint density at radius 2 is 1.96 bits per heavy atom. The Morgan fingerprint density at radius 1 is 1.08 bits per heavy atom. The van der Waals surface area contributed by atoms with Gasteiger partial charge in [-0.1, -0.05) is 29.8 Å². The number of nitrogens with zero attached hydrogens (tertiary/aromatic N) is 2. The lowest BCUT2D eigenvalue weighted by atomic mass is 10.1. The fourth-order valence-corrected chi connectivity index (χ4v) is 3.01. The van der Waals surface area contributed by atoms with Crippen molar-refractivity contribution in [2.45, 2.75) is 0 Å². The molecule has 3 aromatic heterocycles. The number of para-hydroxylation sites is 1. The Bertz CT molecular complexity index is 1020. The molecule has 3 heterocycles. The number of pyridine rings is 2. The normalized spacial score (nSPS) is 10.8. The third kappa shape index (κ3) is 3.63. The molecule has 0 fully saturated rings. The topological polar surface area (TPSA) is 62.8 Å². The maximum Gasteiger partial charge on any atom is 0.137 e. The minimum atomic E-state index is 0.437. The number of fused-ring (bicyclic) bond motifs is 1. The monoisotopic (exact) mass is 364 g/mol. The molecule has 4 aromatic rings. The van der Waals surface area contributed by atoms with Crippen molar-refractivity contribution < 1.29 is 4.74 Å². The fourth-order valence-electron chi connectivity index (χ4n) is 2.80. The number of anilines is 1. The smallest absolute Gasteiger partial charge is 0.137 e. The van der Waals surface area contributed by atoms with Crippen LogP contribution in [0, 0.1) is 0 Å². The highest BCUT2D eigenvalue weighted by molar-refractivity contribution is 6.29. The number of halogens is 1. The molecule has 0 radical (unpaired) electrons. The van der Waals surface area contributed by atoms with Gasteiger partial charge in [0.15, 0.2) is 0 Å². The van der Waals surface area contributed by atoms with E-state index in [9.17, 15) is 0 Å². The van der Waals surface area contributed by atoms with Gasteiger partial charge in [0.1, 0.15) is 29.0 Å². The zero-order valence-corrected chi connectivity index (χ0v) is 14.7. The SMILES string of the molecule is Clc1cc(-c2c[nH]c3ncccc23)cc(NCCOc2ccccc2)n1. The van der Waals surface area contributed by atoms with Crippen molar-refractivity contribution in [3.63, 3.8) is 0 Å². The summed E-state index contributed by atoms with van der Waals surface area (Å²) in [5.41, 5.74) is 2.87. The van der Waals surface area contributed by atoms with E-state index >= 15 is 0 Å². The summed E-state index contributed by atoms with van der Waals surface area (Å²) in [5, 5.41) is 4.75. The van der Waals surface area contributed by atoms with Crippen LogP contribution < -0.4 is 10.1 Å². The van der Waals surface area contributed by atoms with Crippen molar-refractivity contribution in [3.8, 4) is 16.9 Å². The number of hydrogen-bond acceptors (Lipinski definition) is 4. The van der Waals surface area contributed by atoms with E-state index in [1.165, 1.54) is 0 Å². The summed E-state index contributed by atoms with van der Waals surface area (Å²) in [4.78, 5) is 11.8. The Morgan fingerprint density at radius 3 is 2.85 bits per heavy atom. The first-order valence-corrected chi connectivity index (χ1v) is 8.69. The molecular formula is C20H17ClN4O. The Kier molecular flexibility index (Phi) is 4.71. The van der Waals surface area contributed by atoms with Crippen LogP contribution >= 0.6 is 11.6 Å². The molecule has 4 rings (SSSR count). The average Bonchev–Trinajstić information content (AvgIpc) is 3.10. The molecular weight excluding hydrogens is 348 g/mol. The zero-order valence-electron chi connectivity index (χ0n) is 13.9. The molecule has 6 heteroatoms. The maximum absolute atomic E-state index is 6.22. The summed E-state index contributed by atoms with van der Waals surface area (Å²) in [6, 6.07) is 17.5. The first-order valence-electron chi connectivity index (χ1n) is 8.31. The van der Waals surface area contributed by atoms with Gasteiger partial charge in [-0.3, -0.25) is 0 Å². The molecule has 0 aliphatic rings. The summed E-state index contributed by atoms with van der Waals surface area (Å²) < 4.78 is 5.68. The van der Waals surface area contributed by atoms with E-state index in [0.29, 0.717) is 24.1 Å². The predicted octanol–water partition coefficient (Wildman–Crippen LogP) is 4.77. The lowest BCUT2D eigenvalue weighted by Gasteiger charge is -2.10. The lowest BCUT2D eigenvalue weighted by Crippen LogP contribution is -2.12. The van der Waals surface area contributed by atoms with Crippen molar-refractivity contribution in [2.75, 3.05) is 18.5 Å². The summed E-state index contributed by atoms with van der Waals surface area (Å²) in [7, 11) is 0. The molecule has 130 valence electrons. The van der Waals surface area contributed by atoms with Crippen LogP contribution in [0.5, 0.6) is 5.75 Å². The van der Waals surface area contributed by atoms with E-state index in [1.54, 1.807) is 6.20 Å². The van der Waals surface area contributed by atoms with Crippen LogP contribution in [-0.4, -0.2) is 28.1 Å². The van der Waals surface area contributed by atoms with Crippen molar-refractivity contribution >= 4 is 28.5 Å². The van der Waals surface area contributed by atoms with Crippen LogP contribution in [0.25, 0.3) is 22.2 Å². The summed E-state index contributed by atoms with van der Waals surface area (Å²) in [6.07, 6.45) is 3.70. The summed E-state index contributed by atoms with van der Waals surface area (Å²) in [5.74, 6) is 1.56. The summed E-state index contributed by atoms with van der Waals surface area (Å²) >= 11 is 6.22. The van der Waals surface area contributed by atoms with Gasteiger partial charge < -0.3 is 15.0 Å². The molecule has 0 saturated heterocycles. The highest BCUT2D eigenvalue weighted by Crippen LogP contribution is 2.30. The van der Waals surface area contributed by atoms with Crippen LogP contribution in [0.15, 0.2) is 67.0 Å². The Labute approximate surface area is 156 Å². The van der Waals surface area contributed by atoms with Crippen LogP contribution in [0.2, 0.25) is 5.15 Å². The number of ether oxygens (including phenoxy) is 1. The first kappa shape index (κ1) is 16.4. The first-order chi connectivity index (χ1) is 12.8. The number of benzene rings is 1. The maximum atomic E-state index is 6.22. The lowest BCUT2D eigenvalue weighted by molar-refractivity contribution is 0.333. The molecule has 1 aromatic carbocycles. The minimum Gasteiger partial charge on any atom is -0.492 e. The van der Waals surface area contributed by atoms with Crippen molar-refractivity contribution in [3.05, 3.63) is 72.1 Å². The van der Waals surface area contributed by atoms with Gasteiger partial charge in [-0.25, -0.2) is 9.97 Å². The highest BCUT2D eigenvalue weighted by atomic mass is 35.5. The number of hydrogen-bond donors (Lipinski definition) is 2. The quantitative estimate of drug-likeness (QED) is 0.382. The van der Waals surface area contributed by atoms with Crippen LogP contribution in [-0.2, 0) is 0 Å². The molecule has 0 aliphatic heterocycles. The number of H-pyrrole nitrogens is 1. The fraction of sp³-hybridized carbons (Fsp3) is 0.100. The second kappa shape index (κ2) is 7.45. The van der Waals surface area contributed by atoms with Gasteiger partial charge in [-0.15, -0.1) is 0 Å². The van der Waals surface area contributed by atoms with Gasteiger partial charge in [-0.2, -0.15) is 0 Å². The minimum absolute atomic E-state index is 0.437. The standard InChI is InChI=1S/C20H17ClN4O/c21-18-11-14(17-13-24-20-16(17)7-4-8-23-20)12-19(25-18)22-9-10-26-15-5-2-1-3-6-15/h1-8,11-13H,9-10H2,(H,22,25)(H,23,24). The van der Waals surface area contributed by atoms with Gasteiger partial charge >= 0.3 is 0 Å². The van der Waals surface area contributed by atoms with Gasteiger partial charge in [0, 0.05) is 23.3 Å². The number of aromatic nitrogens is 3. The van der Waals surface area contributed by atoms with E-state index in [-0.39, 0.29) is 0 Å². The van der Waals surface area contributed by atoms with Crippen LogP contribution in [0.3, 0.4) is 0 Å². The predicted molar refractivity (Wildman–Crippen MR) is 105 cm³/mol. The average molecular weight is 365 g/mol. The molecule has 2 N–H and O–H groups in total. The van der Waals surface area contributed by atoms with Crippen LogP contribution in [0.4, 0.5) is 5.82 Å². The van der Waals surface area contributed by atoms with E-state index in [0.717, 1.165) is 27.9 Å².